The van der Waals surface area contributed by atoms with Crippen LogP contribution in [0.3, 0.4) is 0 Å². The Hall–Kier alpha value is -0.260. The van der Waals surface area contributed by atoms with Crippen molar-refractivity contribution in [1.82, 2.24) is 0 Å². The fourth-order valence-electron chi connectivity index (χ4n) is 1.15. The second-order valence-electron chi connectivity index (χ2n) is 5.50. The van der Waals surface area contributed by atoms with E-state index in [1.165, 1.54) is 20.3 Å². The van der Waals surface area contributed by atoms with Crippen molar-refractivity contribution in [3.05, 3.63) is 6.42 Å². The minimum atomic E-state index is -3.16. The topological polar surface area (TPSA) is 60.7 Å². The molecule has 0 saturated heterocycles. The van der Waals surface area contributed by atoms with Crippen LogP contribution in [-0.2, 0) is 0 Å². The van der Waals surface area contributed by atoms with Gasteiger partial charge in [0.05, 0.1) is 11.7 Å². The zero-order valence-electron chi connectivity index (χ0n) is 10.9. The molecule has 0 bridgehead atoms. The molecular weight excluding hydrogens is 230 g/mol. The van der Waals surface area contributed by atoms with E-state index >= 15 is 0 Å². The summed E-state index contributed by atoms with van der Waals surface area (Å²) in [6, 6.07) is 0. The quantitative estimate of drug-likeness (QED) is 0.607. The van der Waals surface area contributed by atoms with Crippen LogP contribution in [0.2, 0.25) is 0 Å². The van der Waals surface area contributed by atoms with Gasteiger partial charge in [0.1, 0.15) is 5.60 Å². The van der Waals surface area contributed by atoms with E-state index in [0.717, 1.165) is 13.8 Å². The van der Waals surface area contributed by atoms with E-state index in [1.54, 1.807) is 0 Å². The van der Waals surface area contributed by atoms with E-state index in [9.17, 15) is 24.1 Å². The summed E-state index contributed by atoms with van der Waals surface area (Å²) < 4.78 is 26.6. The number of unbranched alkanes of at least 4 members (excludes halogenated alkanes) is 1. The van der Waals surface area contributed by atoms with Gasteiger partial charge in [0.25, 0.3) is 5.92 Å². The first-order chi connectivity index (χ1) is 7.38. The SMILES string of the molecule is CC(C)(O)C(O)C[CH]CCC(F)(F)C(C)(C)O. The Morgan fingerprint density at radius 2 is 1.59 bits per heavy atom. The van der Waals surface area contributed by atoms with Crippen molar-refractivity contribution in [3.63, 3.8) is 0 Å². The van der Waals surface area contributed by atoms with E-state index in [-0.39, 0.29) is 12.8 Å². The number of halogens is 2. The highest BCUT2D eigenvalue weighted by molar-refractivity contribution is 4.88. The van der Waals surface area contributed by atoms with Crippen molar-refractivity contribution >= 4 is 0 Å². The van der Waals surface area contributed by atoms with Crippen LogP contribution in [-0.4, -0.2) is 38.5 Å². The van der Waals surface area contributed by atoms with Crippen LogP contribution in [0, 0.1) is 6.42 Å². The Balaban J connectivity index is 3.95. The second-order valence-corrected chi connectivity index (χ2v) is 5.50. The number of aliphatic hydroxyl groups is 3. The smallest absolute Gasteiger partial charge is 0.275 e. The Labute approximate surface area is 101 Å². The second kappa shape index (κ2) is 5.59. The molecule has 0 rings (SSSR count). The molecule has 0 heterocycles. The Bertz CT molecular complexity index is 229. The number of rotatable bonds is 7. The van der Waals surface area contributed by atoms with Crippen molar-refractivity contribution in [2.45, 2.75) is 70.2 Å². The highest BCUT2D eigenvalue weighted by Crippen LogP contribution is 2.33. The molecule has 3 nitrogen and oxygen atoms in total. The van der Waals surface area contributed by atoms with E-state index in [2.05, 4.69) is 0 Å². The Kier molecular flexibility index (Phi) is 5.50. The summed E-state index contributed by atoms with van der Waals surface area (Å²) in [6.45, 7) is 5.05. The molecule has 0 amide bonds. The van der Waals surface area contributed by atoms with Crippen molar-refractivity contribution in [2.24, 2.45) is 0 Å². The number of aliphatic hydroxyl groups excluding tert-OH is 1. The largest absolute Gasteiger partial charge is 0.390 e. The number of hydrogen-bond donors (Lipinski definition) is 3. The molecule has 0 aromatic rings. The Morgan fingerprint density at radius 3 is 1.94 bits per heavy atom. The molecule has 0 aliphatic carbocycles. The van der Waals surface area contributed by atoms with Gasteiger partial charge in [0, 0.05) is 6.42 Å². The Morgan fingerprint density at radius 1 is 1.12 bits per heavy atom. The van der Waals surface area contributed by atoms with Gasteiger partial charge in [-0.1, -0.05) is 0 Å². The molecule has 0 aromatic carbocycles. The highest BCUT2D eigenvalue weighted by atomic mass is 19.3. The summed E-state index contributed by atoms with van der Waals surface area (Å²) in [5.41, 5.74) is -3.29. The van der Waals surface area contributed by atoms with Gasteiger partial charge in [0.2, 0.25) is 0 Å². The lowest BCUT2D eigenvalue weighted by Crippen LogP contribution is -2.42. The lowest BCUT2D eigenvalue weighted by Gasteiger charge is -2.29. The number of hydrogen-bond acceptors (Lipinski definition) is 3. The molecule has 0 aromatic heterocycles. The summed E-state index contributed by atoms with van der Waals surface area (Å²) in [5.74, 6) is -3.16. The molecule has 0 fully saturated rings. The van der Waals surface area contributed by atoms with Gasteiger partial charge in [-0.25, -0.2) is 8.78 Å². The van der Waals surface area contributed by atoms with Crippen molar-refractivity contribution < 1.29 is 24.1 Å². The average molecular weight is 253 g/mol. The van der Waals surface area contributed by atoms with Gasteiger partial charge < -0.3 is 15.3 Å². The fourth-order valence-corrected chi connectivity index (χ4v) is 1.15. The van der Waals surface area contributed by atoms with Gasteiger partial charge in [-0.2, -0.15) is 0 Å². The van der Waals surface area contributed by atoms with Gasteiger partial charge in [0.15, 0.2) is 0 Å². The van der Waals surface area contributed by atoms with E-state index < -0.39 is 29.6 Å². The lowest BCUT2D eigenvalue weighted by atomic mass is 9.92. The zero-order chi connectivity index (χ0) is 13.9. The predicted octanol–water partition coefficient (Wildman–Crippen LogP) is 1.90. The molecule has 103 valence electrons. The summed E-state index contributed by atoms with van der Waals surface area (Å²) in [7, 11) is 0. The van der Waals surface area contributed by atoms with Crippen LogP contribution in [0.15, 0.2) is 0 Å². The zero-order valence-corrected chi connectivity index (χ0v) is 10.9. The highest BCUT2D eigenvalue weighted by Gasteiger charge is 2.44. The van der Waals surface area contributed by atoms with Crippen LogP contribution < -0.4 is 0 Å². The third-order valence-electron chi connectivity index (χ3n) is 2.76. The fraction of sp³-hybridized carbons (Fsp3) is 0.917. The van der Waals surface area contributed by atoms with Gasteiger partial charge in [-0.15, -0.1) is 0 Å². The first-order valence-corrected chi connectivity index (χ1v) is 5.70. The maximum atomic E-state index is 13.3. The normalized spacial score (nSPS) is 16.1. The van der Waals surface area contributed by atoms with Gasteiger partial charge in [-0.3, -0.25) is 0 Å². The lowest BCUT2D eigenvalue weighted by molar-refractivity contribution is -0.165. The predicted molar refractivity (Wildman–Crippen MR) is 61.7 cm³/mol. The van der Waals surface area contributed by atoms with Gasteiger partial charge in [-0.05, 0) is 47.0 Å². The van der Waals surface area contributed by atoms with E-state index in [1.807, 2.05) is 0 Å². The average Bonchev–Trinajstić information content (AvgIpc) is 2.08. The molecule has 5 heteroatoms. The molecule has 0 aliphatic rings. The summed E-state index contributed by atoms with van der Waals surface area (Å²) in [6.07, 6.45) is 0.269. The molecule has 1 unspecified atom stereocenters. The first kappa shape index (κ1) is 16.7. The van der Waals surface area contributed by atoms with Crippen molar-refractivity contribution in [2.75, 3.05) is 0 Å². The van der Waals surface area contributed by atoms with Crippen LogP contribution in [0.25, 0.3) is 0 Å². The minimum absolute atomic E-state index is 0.0735. The summed E-state index contributed by atoms with van der Waals surface area (Å²) in [5, 5.41) is 28.1. The van der Waals surface area contributed by atoms with Crippen LogP contribution in [0.1, 0.15) is 47.0 Å². The standard InChI is InChI=1S/C12H23F2O3/c1-10(2,16)9(15)7-5-6-8-12(13,14)11(3,4)17/h5,9,15-17H,6-8H2,1-4H3. The van der Waals surface area contributed by atoms with Crippen molar-refractivity contribution in [1.29, 1.82) is 0 Å². The molecule has 17 heavy (non-hydrogen) atoms. The molecule has 0 aliphatic heterocycles. The van der Waals surface area contributed by atoms with Crippen LogP contribution in [0.5, 0.6) is 0 Å². The summed E-state index contributed by atoms with van der Waals surface area (Å²) >= 11 is 0. The molecule has 0 spiro atoms. The summed E-state index contributed by atoms with van der Waals surface area (Å²) in [4.78, 5) is 0. The minimum Gasteiger partial charge on any atom is -0.390 e. The third kappa shape index (κ3) is 5.75. The molecular formula is C12H23F2O3. The monoisotopic (exact) mass is 253 g/mol. The van der Waals surface area contributed by atoms with Gasteiger partial charge >= 0.3 is 0 Å². The third-order valence-corrected chi connectivity index (χ3v) is 2.76. The molecule has 0 saturated carbocycles. The molecule has 1 radical (unpaired) electrons. The van der Waals surface area contributed by atoms with Crippen LogP contribution in [0.4, 0.5) is 8.78 Å². The molecule has 3 N–H and O–H groups in total. The van der Waals surface area contributed by atoms with E-state index in [4.69, 9.17) is 0 Å². The van der Waals surface area contributed by atoms with Crippen LogP contribution >= 0.6 is 0 Å². The van der Waals surface area contributed by atoms with Crippen molar-refractivity contribution in [3.8, 4) is 0 Å². The molecule has 1 atom stereocenters. The van der Waals surface area contributed by atoms with E-state index in [0.29, 0.717) is 0 Å². The first-order valence-electron chi connectivity index (χ1n) is 5.70. The number of alkyl halides is 2. The maximum absolute atomic E-state index is 13.3. The maximum Gasteiger partial charge on any atom is 0.275 e.